The molecule has 2 aromatic heterocycles. The number of aromatic nitrogens is 3. The van der Waals surface area contributed by atoms with Gasteiger partial charge in [-0.05, 0) is 25.0 Å². The molecule has 1 fully saturated rings. The predicted molar refractivity (Wildman–Crippen MR) is 68.6 cm³/mol. The van der Waals surface area contributed by atoms with E-state index in [-0.39, 0.29) is 17.4 Å². The topological polar surface area (TPSA) is 64.3 Å². The van der Waals surface area contributed by atoms with Crippen molar-refractivity contribution in [3.63, 3.8) is 0 Å². The fraction of sp³-hybridized carbons (Fsp3) is 0.455. The van der Waals surface area contributed by atoms with Gasteiger partial charge in [0.2, 0.25) is 0 Å². The van der Waals surface area contributed by atoms with Gasteiger partial charge in [-0.1, -0.05) is 11.6 Å². The van der Waals surface area contributed by atoms with Crippen LogP contribution in [0, 0.1) is 0 Å². The minimum absolute atomic E-state index is 0.115. The maximum atomic E-state index is 11.4. The normalized spacial score (nSPS) is 20.3. The van der Waals surface area contributed by atoms with Crippen LogP contribution in [0.5, 0.6) is 0 Å². The number of hydrogen-bond donors (Lipinski definition) is 0. The van der Waals surface area contributed by atoms with Crippen LogP contribution in [-0.2, 0) is 9.84 Å². The lowest BCUT2D eigenvalue weighted by Gasteiger charge is -2.18. The Hall–Kier alpha value is -1.14. The summed E-state index contributed by atoms with van der Waals surface area (Å²) in [5, 5.41) is 4.93. The van der Waals surface area contributed by atoms with Gasteiger partial charge < -0.3 is 0 Å². The Morgan fingerprint density at radius 1 is 1.33 bits per heavy atom. The molecule has 0 saturated carbocycles. The van der Waals surface area contributed by atoms with Crippen LogP contribution in [0.3, 0.4) is 0 Å². The van der Waals surface area contributed by atoms with Crippen molar-refractivity contribution in [1.82, 2.24) is 14.6 Å². The van der Waals surface area contributed by atoms with Crippen LogP contribution >= 0.6 is 11.6 Å². The smallest absolute Gasteiger partial charge is 0.174 e. The maximum absolute atomic E-state index is 11.4. The van der Waals surface area contributed by atoms with Gasteiger partial charge in [-0.3, -0.25) is 0 Å². The minimum atomic E-state index is -2.85. The van der Waals surface area contributed by atoms with Crippen LogP contribution in [0.2, 0.25) is 5.02 Å². The highest BCUT2D eigenvalue weighted by Gasteiger charge is 2.27. The first-order valence-electron chi connectivity index (χ1n) is 5.76. The summed E-state index contributed by atoms with van der Waals surface area (Å²) in [6, 6.07) is 3.57. The van der Waals surface area contributed by atoms with Crippen molar-refractivity contribution in [1.29, 1.82) is 0 Å². The highest BCUT2D eigenvalue weighted by atomic mass is 35.5. The van der Waals surface area contributed by atoms with E-state index in [1.54, 1.807) is 22.8 Å². The van der Waals surface area contributed by atoms with Crippen molar-refractivity contribution in [3.05, 3.63) is 29.2 Å². The Balaban J connectivity index is 1.94. The lowest BCUT2D eigenvalue weighted by atomic mass is 10.0. The van der Waals surface area contributed by atoms with Crippen LogP contribution < -0.4 is 0 Å². The quantitative estimate of drug-likeness (QED) is 0.799. The number of rotatable bonds is 1. The first-order chi connectivity index (χ1) is 8.55. The molecule has 7 heteroatoms. The average molecular weight is 286 g/mol. The summed E-state index contributed by atoms with van der Waals surface area (Å²) >= 11 is 6.04. The Kier molecular flexibility index (Phi) is 2.79. The van der Waals surface area contributed by atoms with Gasteiger partial charge in [0, 0.05) is 12.1 Å². The van der Waals surface area contributed by atoms with E-state index in [9.17, 15) is 8.42 Å². The van der Waals surface area contributed by atoms with Gasteiger partial charge in [0.25, 0.3) is 0 Å². The summed E-state index contributed by atoms with van der Waals surface area (Å²) in [4.78, 5) is 4.41. The fourth-order valence-corrected chi connectivity index (χ4v) is 3.90. The Morgan fingerprint density at radius 2 is 2.06 bits per heavy atom. The molecule has 0 N–H and O–H groups in total. The molecule has 2 aromatic rings. The van der Waals surface area contributed by atoms with E-state index >= 15 is 0 Å². The molecule has 0 aromatic carbocycles. The highest BCUT2D eigenvalue weighted by molar-refractivity contribution is 7.91. The van der Waals surface area contributed by atoms with Crippen molar-refractivity contribution < 1.29 is 8.42 Å². The van der Waals surface area contributed by atoms with Crippen molar-refractivity contribution in [2.24, 2.45) is 0 Å². The molecule has 1 saturated heterocycles. The molecule has 0 bridgehead atoms. The van der Waals surface area contributed by atoms with E-state index in [4.69, 9.17) is 11.6 Å². The zero-order valence-corrected chi connectivity index (χ0v) is 11.2. The molecular weight excluding hydrogens is 274 g/mol. The summed E-state index contributed by atoms with van der Waals surface area (Å²) < 4.78 is 24.4. The standard InChI is InChI=1S/C11H12ClN3O2S/c12-9-2-1-5-15-11(9)13-10(14-15)8-3-6-18(16,17)7-4-8/h1-2,5,8H,3-4,6-7H2. The molecule has 0 spiro atoms. The van der Waals surface area contributed by atoms with Crippen LogP contribution in [0.25, 0.3) is 5.65 Å². The molecule has 0 atom stereocenters. The number of sulfone groups is 1. The number of fused-ring (bicyclic) bond motifs is 1. The van der Waals surface area contributed by atoms with E-state index in [0.29, 0.717) is 29.3 Å². The molecule has 0 unspecified atom stereocenters. The van der Waals surface area contributed by atoms with E-state index in [0.717, 1.165) is 0 Å². The van der Waals surface area contributed by atoms with Gasteiger partial charge in [-0.2, -0.15) is 5.10 Å². The third-order valence-corrected chi connectivity index (χ3v) is 5.26. The molecule has 5 nitrogen and oxygen atoms in total. The van der Waals surface area contributed by atoms with Crippen molar-refractivity contribution >= 4 is 27.1 Å². The van der Waals surface area contributed by atoms with Crippen LogP contribution in [0.15, 0.2) is 18.3 Å². The molecule has 96 valence electrons. The van der Waals surface area contributed by atoms with Crippen molar-refractivity contribution in [3.8, 4) is 0 Å². The summed E-state index contributed by atoms with van der Waals surface area (Å²) in [5.41, 5.74) is 0.627. The van der Waals surface area contributed by atoms with Crippen LogP contribution in [0.1, 0.15) is 24.6 Å². The maximum Gasteiger partial charge on any atom is 0.174 e. The molecule has 18 heavy (non-hydrogen) atoms. The third kappa shape index (κ3) is 2.10. The second-order valence-electron chi connectivity index (χ2n) is 4.52. The zero-order chi connectivity index (χ0) is 12.8. The van der Waals surface area contributed by atoms with E-state index in [1.165, 1.54) is 0 Å². The molecule has 0 radical (unpaired) electrons. The van der Waals surface area contributed by atoms with Gasteiger partial charge in [0.15, 0.2) is 11.5 Å². The summed E-state index contributed by atoms with van der Waals surface area (Å²) in [6.45, 7) is 0. The second-order valence-corrected chi connectivity index (χ2v) is 7.23. The number of hydrogen-bond acceptors (Lipinski definition) is 4. The Morgan fingerprint density at radius 3 is 2.72 bits per heavy atom. The number of pyridine rings is 1. The molecule has 0 aliphatic carbocycles. The fourth-order valence-electron chi connectivity index (χ4n) is 2.21. The molecule has 1 aliphatic rings. The van der Waals surface area contributed by atoms with E-state index in [2.05, 4.69) is 10.1 Å². The number of nitrogens with zero attached hydrogens (tertiary/aromatic N) is 3. The lowest BCUT2D eigenvalue weighted by molar-refractivity contribution is 0.537. The largest absolute Gasteiger partial charge is 0.229 e. The van der Waals surface area contributed by atoms with Gasteiger partial charge in [0.05, 0.1) is 16.5 Å². The van der Waals surface area contributed by atoms with Gasteiger partial charge in [0.1, 0.15) is 9.84 Å². The van der Waals surface area contributed by atoms with Crippen LogP contribution in [0.4, 0.5) is 0 Å². The Labute approximate surface area is 110 Å². The van der Waals surface area contributed by atoms with Crippen LogP contribution in [-0.4, -0.2) is 34.5 Å². The minimum Gasteiger partial charge on any atom is -0.229 e. The first-order valence-corrected chi connectivity index (χ1v) is 7.96. The highest BCUT2D eigenvalue weighted by Crippen LogP contribution is 2.28. The Bertz CT molecular complexity index is 681. The average Bonchev–Trinajstić information content (AvgIpc) is 2.74. The van der Waals surface area contributed by atoms with Crippen molar-refractivity contribution in [2.45, 2.75) is 18.8 Å². The van der Waals surface area contributed by atoms with E-state index in [1.807, 2.05) is 0 Å². The van der Waals surface area contributed by atoms with Gasteiger partial charge >= 0.3 is 0 Å². The molecule has 3 heterocycles. The monoisotopic (exact) mass is 285 g/mol. The van der Waals surface area contributed by atoms with E-state index < -0.39 is 9.84 Å². The summed E-state index contributed by atoms with van der Waals surface area (Å²) in [6.07, 6.45) is 2.98. The van der Waals surface area contributed by atoms with Gasteiger partial charge in [-0.25, -0.2) is 17.9 Å². The number of halogens is 1. The van der Waals surface area contributed by atoms with Crippen molar-refractivity contribution in [2.75, 3.05) is 11.5 Å². The second kappa shape index (κ2) is 4.20. The van der Waals surface area contributed by atoms with Gasteiger partial charge in [-0.15, -0.1) is 0 Å². The predicted octanol–water partition coefficient (Wildman–Crippen LogP) is 1.67. The third-order valence-electron chi connectivity index (χ3n) is 3.25. The molecule has 0 amide bonds. The zero-order valence-electron chi connectivity index (χ0n) is 9.58. The first kappa shape index (κ1) is 11.9. The summed E-state index contributed by atoms with van der Waals surface area (Å²) in [5.74, 6) is 1.25. The molecule has 3 rings (SSSR count). The summed E-state index contributed by atoms with van der Waals surface area (Å²) in [7, 11) is -2.85. The lowest BCUT2D eigenvalue weighted by Crippen LogP contribution is -2.22. The molecule has 1 aliphatic heterocycles. The SMILES string of the molecule is O=S1(=O)CCC(c2nc3c(Cl)cccn3n2)CC1. The molecular formula is C11H12ClN3O2S.